The van der Waals surface area contributed by atoms with E-state index >= 15 is 0 Å². The van der Waals surface area contributed by atoms with E-state index in [2.05, 4.69) is 0 Å². The molecule has 154 valence electrons. The van der Waals surface area contributed by atoms with Crippen LogP contribution in [0.4, 0.5) is 0 Å². The predicted octanol–water partition coefficient (Wildman–Crippen LogP) is 3.20. The Morgan fingerprint density at radius 3 is 2.00 bits per heavy atom. The third-order valence-electron chi connectivity index (χ3n) is 4.16. The molecule has 5 unspecified atom stereocenters. The van der Waals surface area contributed by atoms with E-state index in [1.807, 2.05) is 13.0 Å². The Labute approximate surface area is 173 Å². The predicted molar refractivity (Wildman–Crippen MR) is 104 cm³/mol. The van der Waals surface area contributed by atoms with Gasteiger partial charge in [-0.1, -0.05) is 23.7 Å². The summed E-state index contributed by atoms with van der Waals surface area (Å²) in [7, 11) is 0. The summed E-state index contributed by atoms with van der Waals surface area (Å²) in [6.45, 7) is 5.58. The Morgan fingerprint density at radius 1 is 0.964 bits per heavy atom. The van der Waals surface area contributed by atoms with Crippen LogP contribution in [-0.2, 0) is 33.3 Å². The number of hydrogen-bond donors (Lipinski definition) is 0. The number of hydrogen-bond acceptors (Lipinski definition) is 8. The van der Waals surface area contributed by atoms with Gasteiger partial charge in [0.25, 0.3) is 0 Å². The molecule has 0 amide bonds. The third-order valence-corrected chi connectivity index (χ3v) is 5.41. The highest BCUT2D eigenvalue weighted by atomic mass is 35.5. The fourth-order valence-electron chi connectivity index (χ4n) is 3.02. The minimum absolute atomic E-state index is 0.523. The van der Waals surface area contributed by atoms with Crippen LogP contribution in [0.15, 0.2) is 18.2 Å². The van der Waals surface area contributed by atoms with Crippen molar-refractivity contribution in [3.63, 3.8) is 0 Å². The summed E-state index contributed by atoms with van der Waals surface area (Å²) < 4.78 is 22.4. The van der Waals surface area contributed by atoms with Crippen LogP contribution in [0.5, 0.6) is 0 Å². The van der Waals surface area contributed by atoms with Gasteiger partial charge in [0.15, 0.2) is 18.3 Å². The summed E-state index contributed by atoms with van der Waals surface area (Å²) in [6, 6.07) is 5.34. The molecule has 1 aliphatic rings. The molecular formula is C19H23ClO7S. The van der Waals surface area contributed by atoms with Crippen molar-refractivity contribution in [1.82, 2.24) is 0 Å². The number of halogens is 1. The van der Waals surface area contributed by atoms with Gasteiger partial charge in [-0.2, -0.15) is 0 Å². The molecule has 0 radical (unpaired) electrons. The van der Waals surface area contributed by atoms with Crippen LogP contribution >= 0.6 is 23.4 Å². The molecule has 28 heavy (non-hydrogen) atoms. The Balaban J connectivity index is 2.53. The van der Waals surface area contributed by atoms with E-state index in [1.165, 1.54) is 32.5 Å². The van der Waals surface area contributed by atoms with Crippen molar-refractivity contribution in [2.24, 2.45) is 0 Å². The maximum absolute atomic E-state index is 11.8. The Kier molecular flexibility index (Phi) is 7.74. The molecule has 0 aliphatic carbocycles. The average Bonchev–Trinajstić information content (AvgIpc) is 2.59. The number of thioether (sulfide) groups is 1. The van der Waals surface area contributed by atoms with Gasteiger partial charge in [-0.05, 0) is 30.4 Å². The second-order valence-corrected chi connectivity index (χ2v) is 7.73. The van der Waals surface area contributed by atoms with Gasteiger partial charge in [-0.15, -0.1) is 11.8 Å². The third kappa shape index (κ3) is 5.40. The SMILES string of the molecule is CSC1OC(c2ccc(C)c(Cl)c2)C(OC(C)=O)C(OC(C)=O)C1OC(C)=O. The van der Waals surface area contributed by atoms with Crippen LogP contribution in [0.25, 0.3) is 0 Å². The van der Waals surface area contributed by atoms with E-state index in [0.717, 1.165) is 5.56 Å². The maximum atomic E-state index is 11.8. The van der Waals surface area contributed by atoms with E-state index in [9.17, 15) is 14.4 Å². The van der Waals surface area contributed by atoms with Gasteiger partial charge in [-0.3, -0.25) is 14.4 Å². The summed E-state index contributed by atoms with van der Waals surface area (Å²) in [5.41, 5.74) is 0.880. The molecule has 0 aromatic heterocycles. The maximum Gasteiger partial charge on any atom is 0.303 e. The molecular weight excluding hydrogens is 408 g/mol. The molecule has 1 aliphatic heterocycles. The molecule has 0 saturated carbocycles. The van der Waals surface area contributed by atoms with E-state index in [4.69, 9.17) is 30.5 Å². The van der Waals surface area contributed by atoms with Crippen molar-refractivity contribution in [1.29, 1.82) is 0 Å². The van der Waals surface area contributed by atoms with Crippen molar-refractivity contribution in [3.05, 3.63) is 34.3 Å². The zero-order valence-corrected chi connectivity index (χ0v) is 17.8. The van der Waals surface area contributed by atoms with Crippen LogP contribution in [0.1, 0.15) is 38.0 Å². The van der Waals surface area contributed by atoms with Crippen molar-refractivity contribution in [2.45, 2.75) is 57.5 Å². The van der Waals surface area contributed by atoms with Crippen molar-refractivity contribution < 1.29 is 33.3 Å². The van der Waals surface area contributed by atoms with Crippen LogP contribution in [-0.4, -0.2) is 47.9 Å². The monoisotopic (exact) mass is 430 g/mol. The van der Waals surface area contributed by atoms with Crippen LogP contribution in [0.2, 0.25) is 5.02 Å². The normalized spacial score (nSPS) is 27.0. The molecule has 1 saturated heterocycles. The second kappa shape index (κ2) is 9.62. The standard InChI is InChI=1S/C19H23ClO7S/c1-9-6-7-13(8-14(9)20)15-16(24-10(2)21)17(25-11(3)22)18(26-12(4)23)19(27-15)28-5/h6-8,15-19H,1-5H3. The lowest BCUT2D eigenvalue weighted by atomic mass is 9.93. The van der Waals surface area contributed by atoms with E-state index < -0.39 is 47.8 Å². The molecule has 7 nitrogen and oxygen atoms in total. The van der Waals surface area contributed by atoms with E-state index in [-0.39, 0.29) is 0 Å². The fraction of sp³-hybridized carbons (Fsp3) is 0.526. The first-order valence-electron chi connectivity index (χ1n) is 8.60. The van der Waals surface area contributed by atoms with Crippen LogP contribution < -0.4 is 0 Å². The smallest absolute Gasteiger partial charge is 0.303 e. The van der Waals surface area contributed by atoms with Crippen molar-refractivity contribution in [3.8, 4) is 0 Å². The lowest BCUT2D eigenvalue weighted by Gasteiger charge is -2.44. The van der Waals surface area contributed by atoms with Gasteiger partial charge in [0.1, 0.15) is 11.5 Å². The first-order valence-corrected chi connectivity index (χ1v) is 10.3. The molecule has 1 heterocycles. The number of rotatable bonds is 5. The average molecular weight is 431 g/mol. The molecule has 0 spiro atoms. The summed E-state index contributed by atoms with van der Waals surface area (Å²) in [4.78, 5) is 35.1. The number of benzene rings is 1. The summed E-state index contributed by atoms with van der Waals surface area (Å²) in [6.07, 6.45) is -2.00. The molecule has 5 atom stereocenters. The van der Waals surface area contributed by atoms with Crippen molar-refractivity contribution >= 4 is 41.3 Å². The van der Waals surface area contributed by atoms with Crippen molar-refractivity contribution in [2.75, 3.05) is 6.26 Å². The Hall–Kier alpha value is -1.77. The molecule has 2 rings (SSSR count). The molecule has 9 heteroatoms. The van der Waals surface area contributed by atoms with Gasteiger partial charge < -0.3 is 18.9 Å². The highest BCUT2D eigenvalue weighted by Gasteiger charge is 2.52. The van der Waals surface area contributed by atoms with Gasteiger partial charge in [0.05, 0.1) is 0 Å². The second-order valence-electron chi connectivity index (χ2n) is 6.39. The molecule has 1 aromatic carbocycles. The lowest BCUT2D eigenvalue weighted by molar-refractivity contribution is -0.233. The fourth-order valence-corrected chi connectivity index (χ4v) is 3.92. The number of aryl methyl sites for hydroxylation is 1. The van der Waals surface area contributed by atoms with Crippen LogP contribution in [0, 0.1) is 6.92 Å². The lowest BCUT2D eigenvalue weighted by Crippen LogP contribution is -2.57. The molecule has 1 fully saturated rings. The minimum Gasteiger partial charge on any atom is -0.455 e. The minimum atomic E-state index is -1.04. The van der Waals surface area contributed by atoms with Gasteiger partial charge >= 0.3 is 17.9 Å². The largest absolute Gasteiger partial charge is 0.455 e. The molecule has 0 N–H and O–H groups in total. The van der Waals surface area contributed by atoms with Gasteiger partial charge in [-0.25, -0.2) is 0 Å². The zero-order chi connectivity index (χ0) is 21.0. The number of carbonyl (C=O) groups excluding carboxylic acids is 3. The summed E-state index contributed by atoms with van der Waals surface area (Å²) in [5.74, 6) is -1.75. The topological polar surface area (TPSA) is 88.1 Å². The van der Waals surface area contributed by atoms with Gasteiger partial charge in [0, 0.05) is 25.8 Å². The zero-order valence-electron chi connectivity index (χ0n) is 16.3. The number of esters is 3. The van der Waals surface area contributed by atoms with E-state index in [0.29, 0.717) is 10.6 Å². The Bertz CT molecular complexity index is 754. The molecule has 1 aromatic rings. The quantitative estimate of drug-likeness (QED) is 0.519. The molecule has 0 bridgehead atoms. The van der Waals surface area contributed by atoms with Crippen LogP contribution in [0.3, 0.4) is 0 Å². The number of ether oxygens (including phenoxy) is 4. The first kappa shape index (κ1) is 22.5. The first-order chi connectivity index (χ1) is 13.1. The highest BCUT2D eigenvalue weighted by Crippen LogP contribution is 2.41. The number of carbonyl (C=O) groups is 3. The van der Waals surface area contributed by atoms with Gasteiger partial charge in [0.2, 0.25) is 0 Å². The summed E-state index contributed by atoms with van der Waals surface area (Å²) in [5, 5.41) is 0.523. The summed E-state index contributed by atoms with van der Waals surface area (Å²) >= 11 is 7.54. The highest BCUT2D eigenvalue weighted by molar-refractivity contribution is 7.99. The van der Waals surface area contributed by atoms with E-state index in [1.54, 1.807) is 18.4 Å². The Morgan fingerprint density at radius 2 is 1.50 bits per heavy atom.